The molecular formula is C21H21FN4O2. The third-order valence-corrected chi connectivity index (χ3v) is 4.67. The second-order valence-electron chi connectivity index (χ2n) is 6.79. The zero-order valence-electron chi connectivity index (χ0n) is 15.5. The monoisotopic (exact) mass is 380 g/mol. The number of benzene rings is 2. The van der Waals surface area contributed by atoms with Gasteiger partial charge in [-0.1, -0.05) is 29.8 Å². The average molecular weight is 380 g/mol. The van der Waals surface area contributed by atoms with Gasteiger partial charge in [0.25, 0.3) is 5.91 Å². The van der Waals surface area contributed by atoms with Gasteiger partial charge in [0.15, 0.2) is 0 Å². The predicted octanol–water partition coefficient (Wildman–Crippen LogP) is 2.36. The molecule has 0 aromatic heterocycles. The van der Waals surface area contributed by atoms with Crippen LogP contribution in [0.3, 0.4) is 0 Å². The molecule has 1 aliphatic rings. The van der Waals surface area contributed by atoms with Crippen molar-refractivity contribution in [1.29, 1.82) is 5.41 Å². The number of halogens is 1. The van der Waals surface area contributed by atoms with Crippen LogP contribution in [0.15, 0.2) is 59.9 Å². The minimum atomic E-state index is -0.999. The summed E-state index contributed by atoms with van der Waals surface area (Å²) in [6.07, 6.45) is 0. The molecule has 2 atom stereocenters. The number of hydrogen-bond donors (Lipinski definition) is 4. The molecule has 0 fully saturated rings. The van der Waals surface area contributed by atoms with E-state index < -0.39 is 29.6 Å². The van der Waals surface area contributed by atoms with Crippen LogP contribution in [0.2, 0.25) is 0 Å². The van der Waals surface area contributed by atoms with E-state index in [0.717, 1.165) is 5.56 Å². The number of rotatable bonds is 4. The largest absolute Gasteiger partial charge is 0.385 e. The number of carbonyl (C=O) groups excluding carboxylic acids is 2. The average Bonchev–Trinajstić information content (AvgIpc) is 2.64. The van der Waals surface area contributed by atoms with Crippen LogP contribution in [0, 0.1) is 18.2 Å². The Morgan fingerprint density at radius 2 is 1.89 bits per heavy atom. The van der Waals surface area contributed by atoms with Gasteiger partial charge in [0, 0.05) is 22.8 Å². The lowest BCUT2D eigenvalue weighted by Gasteiger charge is -2.34. The molecule has 0 aliphatic carbocycles. The van der Waals surface area contributed by atoms with Crippen molar-refractivity contribution in [3.05, 3.63) is 82.4 Å². The molecule has 0 spiro atoms. The summed E-state index contributed by atoms with van der Waals surface area (Å²) in [6, 6.07) is 11.6. The molecule has 0 saturated heterocycles. The van der Waals surface area contributed by atoms with Gasteiger partial charge >= 0.3 is 0 Å². The standard InChI is InChI=1S/C21H21FN4O2/c1-11-4-3-5-14(10-11)20(27)25-18-17(13-6-8-15(22)9-7-13)16(12(2)23)19(24)26-21(18)28/h3-10,17-18,23H,24H2,1-2H3,(H,25,27)(H,26,28)/t17?,18-/m0/s1. The molecule has 6 nitrogen and oxygen atoms in total. The normalized spacial score (nSPS) is 19.2. The molecule has 1 unspecified atom stereocenters. The van der Waals surface area contributed by atoms with Crippen LogP contribution in [0.4, 0.5) is 4.39 Å². The van der Waals surface area contributed by atoms with Crippen molar-refractivity contribution >= 4 is 17.5 Å². The zero-order chi connectivity index (χ0) is 20.4. The zero-order valence-corrected chi connectivity index (χ0v) is 15.5. The SMILES string of the molecule is CC(=N)C1=C(N)NC(=O)[C@@H](NC(=O)c2cccc(C)c2)C1c1ccc(F)cc1. The van der Waals surface area contributed by atoms with Crippen molar-refractivity contribution in [2.24, 2.45) is 5.73 Å². The number of nitrogens with two attached hydrogens (primary N) is 1. The molecule has 0 saturated carbocycles. The Morgan fingerprint density at radius 1 is 1.21 bits per heavy atom. The van der Waals surface area contributed by atoms with E-state index in [1.807, 2.05) is 13.0 Å². The molecule has 1 aliphatic heterocycles. The van der Waals surface area contributed by atoms with Crippen molar-refractivity contribution in [3.8, 4) is 0 Å². The highest BCUT2D eigenvalue weighted by Gasteiger charge is 2.39. The van der Waals surface area contributed by atoms with Gasteiger partial charge in [-0.05, 0) is 43.7 Å². The second kappa shape index (κ2) is 7.64. The maximum Gasteiger partial charge on any atom is 0.251 e. The van der Waals surface area contributed by atoms with E-state index in [2.05, 4.69) is 10.6 Å². The highest BCUT2D eigenvalue weighted by Crippen LogP contribution is 2.33. The maximum absolute atomic E-state index is 13.4. The van der Waals surface area contributed by atoms with Gasteiger partial charge in [0.2, 0.25) is 5.91 Å². The van der Waals surface area contributed by atoms with Crippen LogP contribution in [-0.2, 0) is 4.79 Å². The fourth-order valence-electron chi connectivity index (χ4n) is 3.39. The minimum Gasteiger partial charge on any atom is -0.385 e. The van der Waals surface area contributed by atoms with Gasteiger partial charge in [0.1, 0.15) is 17.7 Å². The lowest BCUT2D eigenvalue weighted by Crippen LogP contribution is -2.55. The maximum atomic E-state index is 13.4. The molecule has 2 amide bonds. The summed E-state index contributed by atoms with van der Waals surface area (Å²) in [5.74, 6) is -1.97. The molecule has 1 heterocycles. The first kappa shape index (κ1) is 19.3. The first-order chi connectivity index (χ1) is 13.3. The molecule has 2 aromatic carbocycles. The van der Waals surface area contributed by atoms with Gasteiger partial charge in [-0.25, -0.2) is 4.39 Å². The fraction of sp³-hybridized carbons (Fsp3) is 0.190. The summed E-state index contributed by atoms with van der Waals surface area (Å²) >= 11 is 0. The summed E-state index contributed by atoms with van der Waals surface area (Å²) in [6.45, 7) is 3.42. The third kappa shape index (κ3) is 3.78. The van der Waals surface area contributed by atoms with Crippen molar-refractivity contribution in [1.82, 2.24) is 10.6 Å². The van der Waals surface area contributed by atoms with Crippen LogP contribution >= 0.6 is 0 Å². The number of amides is 2. The molecule has 0 bridgehead atoms. The molecule has 3 rings (SSSR count). The molecular weight excluding hydrogens is 359 g/mol. The van der Waals surface area contributed by atoms with Crippen LogP contribution in [-0.4, -0.2) is 23.6 Å². The first-order valence-corrected chi connectivity index (χ1v) is 8.77. The summed E-state index contributed by atoms with van der Waals surface area (Å²) in [5.41, 5.74) is 8.43. The van der Waals surface area contributed by atoms with Gasteiger partial charge in [0.05, 0.1) is 0 Å². The Kier molecular flexibility index (Phi) is 5.26. The summed E-state index contributed by atoms with van der Waals surface area (Å²) in [5, 5.41) is 13.4. The van der Waals surface area contributed by atoms with Crippen LogP contribution in [0.25, 0.3) is 0 Å². The highest BCUT2D eigenvalue weighted by molar-refractivity contribution is 6.04. The van der Waals surface area contributed by atoms with Gasteiger partial charge in [-0.3, -0.25) is 9.59 Å². The molecule has 7 heteroatoms. The summed E-state index contributed by atoms with van der Waals surface area (Å²) < 4.78 is 13.4. The van der Waals surface area contributed by atoms with Crippen molar-refractivity contribution in [3.63, 3.8) is 0 Å². The Bertz CT molecular complexity index is 982. The fourth-order valence-corrected chi connectivity index (χ4v) is 3.39. The van der Waals surface area contributed by atoms with Gasteiger partial charge in [-0.2, -0.15) is 0 Å². The van der Waals surface area contributed by atoms with Crippen LogP contribution < -0.4 is 16.4 Å². The molecule has 28 heavy (non-hydrogen) atoms. The van der Waals surface area contributed by atoms with Crippen molar-refractivity contribution in [2.75, 3.05) is 0 Å². The van der Waals surface area contributed by atoms with Gasteiger partial charge in [-0.15, -0.1) is 0 Å². The smallest absolute Gasteiger partial charge is 0.251 e. The lowest BCUT2D eigenvalue weighted by atomic mass is 9.80. The third-order valence-electron chi connectivity index (χ3n) is 4.67. The van der Waals surface area contributed by atoms with Gasteiger partial charge < -0.3 is 21.8 Å². The van der Waals surface area contributed by atoms with E-state index in [1.54, 1.807) is 25.1 Å². The van der Waals surface area contributed by atoms with Crippen molar-refractivity contribution in [2.45, 2.75) is 25.8 Å². The molecule has 2 aromatic rings. The van der Waals surface area contributed by atoms with E-state index in [0.29, 0.717) is 16.7 Å². The molecule has 144 valence electrons. The highest BCUT2D eigenvalue weighted by atomic mass is 19.1. The topological polar surface area (TPSA) is 108 Å². The Hall–Kier alpha value is -3.48. The quantitative estimate of drug-likeness (QED) is 0.612. The van der Waals surface area contributed by atoms with Crippen molar-refractivity contribution < 1.29 is 14.0 Å². The van der Waals surface area contributed by atoms with Crippen LogP contribution in [0.1, 0.15) is 34.3 Å². The summed E-state index contributed by atoms with van der Waals surface area (Å²) in [7, 11) is 0. The van der Waals surface area contributed by atoms with E-state index in [4.69, 9.17) is 11.1 Å². The van der Waals surface area contributed by atoms with Crippen LogP contribution in [0.5, 0.6) is 0 Å². The van der Waals surface area contributed by atoms with E-state index >= 15 is 0 Å². The Balaban J connectivity index is 2.03. The molecule has 5 N–H and O–H groups in total. The predicted molar refractivity (Wildman–Crippen MR) is 104 cm³/mol. The lowest BCUT2D eigenvalue weighted by molar-refractivity contribution is -0.123. The number of hydrogen-bond acceptors (Lipinski definition) is 4. The number of carbonyl (C=O) groups is 2. The molecule has 0 radical (unpaired) electrons. The van der Waals surface area contributed by atoms with E-state index in [9.17, 15) is 14.0 Å². The minimum absolute atomic E-state index is 0.0629. The first-order valence-electron chi connectivity index (χ1n) is 8.77. The number of nitrogens with one attached hydrogen (secondary N) is 3. The van der Waals surface area contributed by atoms with E-state index in [-0.39, 0.29) is 11.5 Å². The number of aryl methyl sites for hydroxylation is 1. The Labute approximate surface area is 162 Å². The second-order valence-corrected chi connectivity index (χ2v) is 6.79. The summed E-state index contributed by atoms with van der Waals surface area (Å²) in [4.78, 5) is 25.4. The van der Waals surface area contributed by atoms with E-state index in [1.165, 1.54) is 24.3 Å². The Morgan fingerprint density at radius 3 is 2.50 bits per heavy atom.